The van der Waals surface area contributed by atoms with Gasteiger partial charge in [0, 0.05) is 32.4 Å². The monoisotopic (exact) mass is 261 g/mol. The van der Waals surface area contributed by atoms with Crippen LogP contribution in [0.3, 0.4) is 0 Å². The number of sulfonamides is 1. The summed E-state index contributed by atoms with van der Waals surface area (Å²) in [6.45, 7) is 5.22. The summed E-state index contributed by atoms with van der Waals surface area (Å²) in [5, 5.41) is 4.99. The van der Waals surface area contributed by atoms with E-state index in [1.807, 2.05) is 18.4 Å². The van der Waals surface area contributed by atoms with Crippen molar-refractivity contribution < 1.29 is 13.2 Å². The van der Waals surface area contributed by atoms with Crippen LogP contribution in [0.5, 0.6) is 0 Å². The maximum absolute atomic E-state index is 11.2. The molecule has 98 valence electrons. The molecule has 2 N–H and O–H groups in total. The first-order valence-electron chi connectivity index (χ1n) is 5.45. The first-order chi connectivity index (χ1) is 7.86. The van der Waals surface area contributed by atoms with Gasteiger partial charge in [-0.1, -0.05) is 13.8 Å². The third-order valence-corrected chi connectivity index (χ3v) is 3.12. The summed E-state index contributed by atoms with van der Waals surface area (Å²) in [4.78, 5) is 4.07. The Balaban J connectivity index is 2.98. The smallest absolute Gasteiger partial charge is 0.257 e. The van der Waals surface area contributed by atoms with Crippen LogP contribution in [-0.4, -0.2) is 31.7 Å². The van der Waals surface area contributed by atoms with Gasteiger partial charge in [-0.2, -0.15) is 0 Å². The number of hydrogen-bond acceptors (Lipinski definition) is 4. The van der Waals surface area contributed by atoms with Gasteiger partial charge in [-0.25, -0.2) is 18.5 Å². The number of methoxy groups -OCH3 is 1. The predicted molar refractivity (Wildman–Crippen MR) is 64.2 cm³/mol. The van der Waals surface area contributed by atoms with Crippen molar-refractivity contribution in [1.29, 1.82) is 0 Å². The van der Waals surface area contributed by atoms with E-state index in [0.29, 0.717) is 13.2 Å². The molecule has 17 heavy (non-hydrogen) atoms. The minimum atomic E-state index is -3.73. The van der Waals surface area contributed by atoms with E-state index in [4.69, 9.17) is 9.88 Å². The fraction of sp³-hybridized carbons (Fsp3) is 0.700. The molecule has 1 heterocycles. The van der Waals surface area contributed by atoms with Crippen LogP contribution in [0.25, 0.3) is 0 Å². The third kappa shape index (κ3) is 3.79. The molecule has 1 aromatic heterocycles. The van der Waals surface area contributed by atoms with Crippen LogP contribution in [-0.2, 0) is 21.3 Å². The molecule has 0 amide bonds. The minimum absolute atomic E-state index is 0.0707. The van der Waals surface area contributed by atoms with Crippen molar-refractivity contribution in [3.8, 4) is 0 Å². The molecule has 0 aliphatic rings. The number of aromatic nitrogens is 2. The van der Waals surface area contributed by atoms with E-state index >= 15 is 0 Å². The molecule has 0 atom stereocenters. The van der Waals surface area contributed by atoms with E-state index in [9.17, 15) is 8.42 Å². The van der Waals surface area contributed by atoms with Crippen molar-refractivity contribution >= 4 is 10.0 Å². The Hall–Kier alpha value is -0.920. The van der Waals surface area contributed by atoms with E-state index in [1.54, 1.807) is 7.11 Å². The maximum atomic E-state index is 11.2. The Morgan fingerprint density at radius 1 is 1.53 bits per heavy atom. The van der Waals surface area contributed by atoms with E-state index < -0.39 is 10.0 Å². The molecular weight excluding hydrogens is 242 g/mol. The number of hydrogen-bond donors (Lipinski definition) is 1. The summed E-state index contributed by atoms with van der Waals surface area (Å²) >= 11 is 0. The Labute approximate surface area is 102 Å². The highest BCUT2D eigenvalue weighted by Crippen LogP contribution is 2.16. The fourth-order valence-electron chi connectivity index (χ4n) is 1.56. The molecule has 0 spiro atoms. The molecule has 0 aliphatic heterocycles. The maximum Gasteiger partial charge on any atom is 0.257 e. The van der Waals surface area contributed by atoms with Crippen LogP contribution < -0.4 is 5.14 Å². The summed E-state index contributed by atoms with van der Waals surface area (Å²) in [5.41, 5.74) is 0. The molecule has 1 aromatic rings. The highest BCUT2D eigenvalue weighted by molar-refractivity contribution is 7.89. The van der Waals surface area contributed by atoms with Crippen LogP contribution in [0.4, 0.5) is 0 Å². The van der Waals surface area contributed by atoms with Crippen LogP contribution in [0.1, 0.15) is 32.0 Å². The lowest BCUT2D eigenvalue weighted by Crippen LogP contribution is -2.12. The van der Waals surface area contributed by atoms with Gasteiger partial charge in [-0.3, -0.25) is 0 Å². The second kappa shape index (κ2) is 5.61. The Morgan fingerprint density at radius 2 is 2.18 bits per heavy atom. The first kappa shape index (κ1) is 14.1. The van der Waals surface area contributed by atoms with Crippen molar-refractivity contribution in [2.24, 2.45) is 5.14 Å². The predicted octanol–water partition coefficient (Wildman–Crippen LogP) is 0.690. The minimum Gasteiger partial charge on any atom is -0.385 e. The van der Waals surface area contributed by atoms with Gasteiger partial charge in [0.1, 0.15) is 5.82 Å². The van der Waals surface area contributed by atoms with Gasteiger partial charge in [-0.15, -0.1) is 0 Å². The van der Waals surface area contributed by atoms with Crippen molar-refractivity contribution in [1.82, 2.24) is 9.55 Å². The quantitative estimate of drug-likeness (QED) is 0.763. The zero-order valence-corrected chi connectivity index (χ0v) is 11.2. The number of primary sulfonamides is 1. The van der Waals surface area contributed by atoms with Gasteiger partial charge < -0.3 is 9.30 Å². The molecule has 7 heteroatoms. The van der Waals surface area contributed by atoms with Crippen molar-refractivity contribution in [3.05, 3.63) is 12.0 Å². The van der Waals surface area contributed by atoms with Gasteiger partial charge in [0.25, 0.3) is 10.0 Å². The van der Waals surface area contributed by atoms with Crippen LogP contribution >= 0.6 is 0 Å². The van der Waals surface area contributed by atoms with E-state index in [0.717, 1.165) is 12.2 Å². The highest BCUT2D eigenvalue weighted by Gasteiger charge is 2.17. The summed E-state index contributed by atoms with van der Waals surface area (Å²) < 4.78 is 29.2. The zero-order chi connectivity index (χ0) is 13.1. The molecule has 0 aromatic carbocycles. The number of rotatable bonds is 6. The van der Waals surface area contributed by atoms with Crippen LogP contribution in [0, 0.1) is 0 Å². The second-order valence-electron chi connectivity index (χ2n) is 4.18. The summed E-state index contributed by atoms with van der Waals surface area (Å²) in [6.07, 6.45) is 2.29. The number of imidazole rings is 1. The normalized spacial score (nSPS) is 12.3. The summed E-state index contributed by atoms with van der Waals surface area (Å²) in [6, 6.07) is 0. The number of aryl methyl sites for hydroxylation is 1. The van der Waals surface area contributed by atoms with Crippen molar-refractivity contribution in [3.63, 3.8) is 0 Å². The zero-order valence-electron chi connectivity index (χ0n) is 10.4. The van der Waals surface area contributed by atoms with Crippen molar-refractivity contribution in [2.75, 3.05) is 13.7 Å². The number of ether oxygens (including phenoxy) is 1. The molecule has 0 bridgehead atoms. The molecule has 0 fully saturated rings. The van der Waals surface area contributed by atoms with Crippen LogP contribution in [0.2, 0.25) is 0 Å². The number of nitrogens with zero attached hydrogens (tertiary/aromatic N) is 2. The van der Waals surface area contributed by atoms with Crippen molar-refractivity contribution in [2.45, 2.75) is 37.8 Å². The average Bonchev–Trinajstić information content (AvgIpc) is 2.61. The standard InChI is InChI=1S/C10H19N3O3S/c1-8(2)10-12-9(17(11,14)15)7-13(10)5-4-6-16-3/h7-8H,4-6H2,1-3H3,(H2,11,14,15). The molecule has 6 nitrogen and oxygen atoms in total. The van der Waals surface area contributed by atoms with Gasteiger partial charge in [-0.05, 0) is 6.42 Å². The van der Waals surface area contributed by atoms with Gasteiger partial charge in [0.15, 0.2) is 5.03 Å². The Kier molecular flexibility index (Phi) is 4.67. The highest BCUT2D eigenvalue weighted by atomic mass is 32.2. The molecule has 1 rings (SSSR count). The Morgan fingerprint density at radius 3 is 2.65 bits per heavy atom. The Bertz CT molecular complexity index is 465. The molecule has 0 radical (unpaired) electrons. The van der Waals surface area contributed by atoms with E-state index in [2.05, 4.69) is 4.98 Å². The van der Waals surface area contributed by atoms with Gasteiger partial charge in [0.2, 0.25) is 0 Å². The molecular formula is C10H19N3O3S. The summed E-state index contributed by atoms with van der Waals surface area (Å²) in [5.74, 6) is 0.873. The average molecular weight is 261 g/mol. The van der Waals surface area contributed by atoms with Gasteiger partial charge >= 0.3 is 0 Å². The molecule has 0 aliphatic carbocycles. The lowest BCUT2D eigenvalue weighted by molar-refractivity contribution is 0.190. The lowest BCUT2D eigenvalue weighted by atomic mass is 10.2. The summed E-state index contributed by atoms with van der Waals surface area (Å²) in [7, 11) is -2.10. The van der Waals surface area contributed by atoms with Gasteiger partial charge in [0.05, 0.1) is 0 Å². The topological polar surface area (TPSA) is 87.2 Å². The first-order valence-corrected chi connectivity index (χ1v) is 6.99. The molecule has 0 saturated heterocycles. The molecule has 0 saturated carbocycles. The van der Waals surface area contributed by atoms with Crippen LogP contribution in [0.15, 0.2) is 11.2 Å². The number of nitrogens with two attached hydrogens (primary N) is 1. The lowest BCUT2D eigenvalue weighted by Gasteiger charge is -2.09. The SMILES string of the molecule is COCCCn1cc(S(N)(=O)=O)nc1C(C)C. The van der Waals surface area contributed by atoms with E-state index in [1.165, 1.54) is 6.20 Å². The molecule has 0 unspecified atom stereocenters. The van der Waals surface area contributed by atoms with E-state index in [-0.39, 0.29) is 10.9 Å². The second-order valence-corrected chi connectivity index (χ2v) is 5.69. The fourth-order valence-corrected chi connectivity index (χ4v) is 2.06. The third-order valence-electron chi connectivity index (χ3n) is 2.34. The largest absolute Gasteiger partial charge is 0.385 e.